The number of hydrogen-bond acceptors (Lipinski definition) is 1. The Morgan fingerprint density at radius 3 is 3.30 bits per heavy atom. The summed E-state index contributed by atoms with van der Waals surface area (Å²) in [5, 5.41) is 0. The summed E-state index contributed by atoms with van der Waals surface area (Å²) in [6.07, 6.45) is 1.71. The van der Waals surface area contributed by atoms with Crippen molar-refractivity contribution in [3.05, 3.63) is 30.1 Å². The third-order valence-electron chi connectivity index (χ3n) is 1.58. The van der Waals surface area contributed by atoms with E-state index in [4.69, 9.17) is 0 Å². The van der Waals surface area contributed by atoms with Crippen molar-refractivity contribution >= 4 is 11.0 Å². The first-order valence-electron chi connectivity index (χ1n) is 3.26. The van der Waals surface area contributed by atoms with Crippen LogP contribution in [0.1, 0.15) is 6.99 Å². The molecule has 0 aliphatic carbocycles. The zero-order valence-electron chi connectivity index (χ0n) is 5.76. The van der Waals surface area contributed by atoms with Gasteiger partial charge in [0.25, 0.3) is 0 Å². The van der Waals surface area contributed by atoms with Crippen LogP contribution in [0.15, 0.2) is 24.5 Å². The number of fused-ring (bicyclic) bond motifs is 1. The maximum absolute atomic E-state index is 4.10. The summed E-state index contributed by atoms with van der Waals surface area (Å²) >= 11 is 0. The van der Waals surface area contributed by atoms with E-state index in [-0.39, 0.29) is 1.43 Å². The minimum absolute atomic E-state index is 0. The highest BCUT2D eigenvalue weighted by Crippen LogP contribution is 2.09. The largest absolute Gasteiger partial charge is 0.345 e. The quantitative estimate of drug-likeness (QED) is 0.587. The van der Waals surface area contributed by atoms with Gasteiger partial charge in [0.15, 0.2) is 0 Å². The molecule has 10 heavy (non-hydrogen) atoms. The minimum atomic E-state index is 0. The van der Waals surface area contributed by atoms with Crippen molar-refractivity contribution in [2.75, 3.05) is 0 Å². The van der Waals surface area contributed by atoms with Crippen LogP contribution in [-0.4, -0.2) is 9.97 Å². The van der Waals surface area contributed by atoms with E-state index in [0.717, 1.165) is 11.0 Å². The fourth-order valence-corrected chi connectivity index (χ4v) is 1.05. The van der Waals surface area contributed by atoms with E-state index >= 15 is 0 Å². The van der Waals surface area contributed by atoms with E-state index in [1.54, 1.807) is 6.33 Å². The van der Waals surface area contributed by atoms with Gasteiger partial charge >= 0.3 is 0 Å². The summed E-state index contributed by atoms with van der Waals surface area (Å²) in [6, 6.07) is 6.16. The van der Waals surface area contributed by atoms with E-state index in [0.29, 0.717) is 0 Å². The molecule has 1 aromatic heterocycles. The van der Waals surface area contributed by atoms with E-state index in [1.165, 1.54) is 5.56 Å². The van der Waals surface area contributed by atoms with Crippen LogP contribution in [0.25, 0.3) is 11.0 Å². The molecule has 1 aromatic carbocycles. The highest BCUT2D eigenvalue weighted by Gasteiger charge is 1.92. The van der Waals surface area contributed by atoms with Gasteiger partial charge in [0.05, 0.1) is 17.4 Å². The maximum atomic E-state index is 4.10. The number of hydrogen-bond donors (Lipinski definition) is 1. The SMILES string of the molecule is Cc1ccc2nc[nH]c2c1.[HH]. The summed E-state index contributed by atoms with van der Waals surface area (Å²) in [5.41, 5.74) is 3.40. The second kappa shape index (κ2) is 1.84. The van der Waals surface area contributed by atoms with Gasteiger partial charge in [-0.1, -0.05) is 6.07 Å². The van der Waals surface area contributed by atoms with Crippen molar-refractivity contribution < 1.29 is 1.43 Å². The second-order valence-electron chi connectivity index (χ2n) is 2.42. The molecule has 0 radical (unpaired) electrons. The summed E-state index contributed by atoms with van der Waals surface area (Å²) in [5.74, 6) is 0. The Labute approximate surface area is 60.4 Å². The number of rotatable bonds is 0. The van der Waals surface area contributed by atoms with E-state index in [1.807, 2.05) is 6.07 Å². The number of aryl methyl sites for hydroxylation is 1. The third kappa shape index (κ3) is 0.692. The first kappa shape index (κ1) is 5.47. The molecule has 2 rings (SSSR count). The van der Waals surface area contributed by atoms with Crippen LogP contribution in [-0.2, 0) is 0 Å². The van der Waals surface area contributed by atoms with Crippen molar-refractivity contribution in [3.8, 4) is 0 Å². The van der Waals surface area contributed by atoms with Crippen LogP contribution in [0.5, 0.6) is 0 Å². The number of nitrogens with one attached hydrogen (secondary N) is 1. The number of aromatic amines is 1. The highest BCUT2D eigenvalue weighted by molar-refractivity contribution is 5.74. The standard InChI is InChI=1S/C8H8N2.H2/c1-6-2-3-7-8(4-6)10-5-9-7;/h2-5H,1H3,(H,9,10);1H. The topological polar surface area (TPSA) is 28.7 Å². The maximum Gasteiger partial charge on any atom is 0.0931 e. The molecule has 0 fully saturated rings. The lowest BCUT2D eigenvalue weighted by Crippen LogP contribution is -1.71. The molecule has 0 saturated heterocycles. The molecule has 0 aliphatic heterocycles. The molecular formula is C8H10N2. The summed E-state index contributed by atoms with van der Waals surface area (Å²) < 4.78 is 0. The molecule has 2 aromatic rings. The lowest BCUT2D eigenvalue weighted by molar-refractivity contribution is 1.34. The van der Waals surface area contributed by atoms with Gasteiger partial charge in [-0.2, -0.15) is 0 Å². The van der Waals surface area contributed by atoms with Crippen molar-refractivity contribution in [2.24, 2.45) is 0 Å². The van der Waals surface area contributed by atoms with Crippen LogP contribution in [0, 0.1) is 6.92 Å². The summed E-state index contributed by atoms with van der Waals surface area (Å²) in [7, 11) is 0. The van der Waals surface area contributed by atoms with Gasteiger partial charge in [0.2, 0.25) is 0 Å². The van der Waals surface area contributed by atoms with Crippen LogP contribution in [0.3, 0.4) is 0 Å². The van der Waals surface area contributed by atoms with Gasteiger partial charge < -0.3 is 4.98 Å². The van der Waals surface area contributed by atoms with E-state index < -0.39 is 0 Å². The minimum Gasteiger partial charge on any atom is -0.345 e. The van der Waals surface area contributed by atoms with Gasteiger partial charge in [-0.3, -0.25) is 0 Å². The number of benzene rings is 1. The molecule has 2 heteroatoms. The number of nitrogens with zero attached hydrogens (tertiary/aromatic N) is 1. The predicted molar refractivity (Wildman–Crippen MR) is 42.9 cm³/mol. The fourth-order valence-electron chi connectivity index (χ4n) is 1.05. The molecular weight excluding hydrogens is 124 g/mol. The van der Waals surface area contributed by atoms with Gasteiger partial charge in [0.1, 0.15) is 0 Å². The monoisotopic (exact) mass is 134 g/mol. The Morgan fingerprint density at radius 1 is 1.50 bits per heavy atom. The first-order valence-corrected chi connectivity index (χ1v) is 3.26. The highest BCUT2D eigenvalue weighted by atomic mass is 14.9. The van der Waals surface area contributed by atoms with Crippen molar-refractivity contribution in [2.45, 2.75) is 6.92 Å². The molecule has 1 heterocycles. The van der Waals surface area contributed by atoms with Crippen molar-refractivity contribution in [3.63, 3.8) is 0 Å². The molecule has 0 saturated carbocycles. The van der Waals surface area contributed by atoms with Crippen LogP contribution in [0.4, 0.5) is 0 Å². The molecule has 0 aliphatic rings. The van der Waals surface area contributed by atoms with Crippen LogP contribution in [0.2, 0.25) is 0 Å². The zero-order chi connectivity index (χ0) is 6.97. The Morgan fingerprint density at radius 2 is 2.40 bits per heavy atom. The molecule has 0 unspecified atom stereocenters. The molecule has 0 bridgehead atoms. The lowest BCUT2D eigenvalue weighted by Gasteiger charge is -1.89. The number of H-pyrrole nitrogens is 1. The average molecular weight is 134 g/mol. The number of imidazole rings is 1. The second-order valence-corrected chi connectivity index (χ2v) is 2.42. The van der Waals surface area contributed by atoms with E-state index in [2.05, 4.69) is 29.0 Å². The summed E-state index contributed by atoms with van der Waals surface area (Å²) in [6.45, 7) is 2.07. The Kier molecular flexibility index (Phi) is 1.01. The van der Waals surface area contributed by atoms with Gasteiger partial charge in [-0.25, -0.2) is 4.98 Å². The van der Waals surface area contributed by atoms with Crippen molar-refractivity contribution in [1.82, 2.24) is 9.97 Å². The Balaban J connectivity index is 0.000000605. The van der Waals surface area contributed by atoms with Crippen LogP contribution >= 0.6 is 0 Å². The molecule has 0 spiro atoms. The number of aromatic nitrogens is 2. The smallest absolute Gasteiger partial charge is 0.0931 e. The summed E-state index contributed by atoms with van der Waals surface area (Å²) in [4.78, 5) is 7.15. The predicted octanol–water partition coefficient (Wildman–Crippen LogP) is 2.12. The lowest BCUT2D eigenvalue weighted by atomic mass is 10.2. The molecule has 52 valence electrons. The van der Waals surface area contributed by atoms with E-state index in [9.17, 15) is 0 Å². The Bertz CT molecular complexity index is 354. The average Bonchev–Trinajstić information content (AvgIpc) is 2.33. The normalized spacial score (nSPS) is 10.5. The van der Waals surface area contributed by atoms with Gasteiger partial charge in [0, 0.05) is 1.43 Å². The molecule has 2 nitrogen and oxygen atoms in total. The van der Waals surface area contributed by atoms with Crippen molar-refractivity contribution in [1.29, 1.82) is 0 Å². The van der Waals surface area contributed by atoms with Gasteiger partial charge in [-0.15, -0.1) is 0 Å². The molecule has 1 N–H and O–H groups in total. The van der Waals surface area contributed by atoms with Gasteiger partial charge in [-0.05, 0) is 24.6 Å². The third-order valence-corrected chi connectivity index (χ3v) is 1.58. The molecule has 0 amide bonds. The fraction of sp³-hybridized carbons (Fsp3) is 0.125. The Hall–Kier alpha value is -1.31. The molecule has 0 atom stereocenters. The zero-order valence-corrected chi connectivity index (χ0v) is 5.76. The van der Waals surface area contributed by atoms with Crippen LogP contribution < -0.4 is 0 Å². The first-order chi connectivity index (χ1) is 4.86.